The van der Waals surface area contributed by atoms with Gasteiger partial charge in [0.1, 0.15) is 23.0 Å². The van der Waals surface area contributed by atoms with E-state index in [0.29, 0.717) is 52.6 Å². The van der Waals surface area contributed by atoms with Crippen LogP contribution < -0.4 is 18.9 Å². The molecule has 0 saturated carbocycles. The molecule has 0 N–H and O–H groups in total. The van der Waals surface area contributed by atoms with Crippen LogP contribution in [0.5, 0.6) is 23.0 Å². The minimum absolute atomic E-state index is 0.237. The Kier molecular flexibility index (Phi) is 43.2. The average molecular weight is 1600 g/mol. The molecule has 116 heavy (non-hydrogen) atoms. The first-order valence-corrected chi connectivity index (χ1v) is 41.4. The Morgan fingerprint density at radius 3 is 0.733 bits per heavy atom. The summed E-state index contributed by atoms with van der Waals surface area (Å²) >= 11 is 0. The Bertz CT molecular complexity index is 4390. The standard InChI is InChI=1S/C14H22.2C13H20.C12H18O.2C12H18.2C10H11F3O.C10H14O/c1-9(2)13-7-11(5)8-14(10(3)4)12(13)6;1-9-7-12(13(4,5)6)8-10(2)11(9)3;1-9(2)12-7-6-8-13(10(3)4)11(12)5;1-8(2)12-7-11(13-5)6-9(3)10(12)4;1-8(2)12-6-9(3)11(5)10(4)7-12;1-8(2)12-7-9(3)6-10(4)11(12)5;2*1-6-4-8(14-3)5-9(7(6)2)10(11,12)13;1-7-5-10(11-4)6-8(2)9(7)3/h7-10H,1-6H3;7-8H,1-6H3;6-10H,1-5H3;6-8H,1-5H3;2*6-8H,1-5H3;2*4-5H,1-3H3;5-6H,1-4H3. The van der Waals surface area contributed by atoms with Crippen molar-refractivity contribution in [3.63, 3.8) is 0 Å². The van der Waals surface area contributed by atoms with E-state index in [1.165, 1.54) is 167 Å². The van der Waals surface area contributed by atoms with Crippen LogP contribution in [0.3, 0.4) is 0 Å². The number of hydrogen-bond donors (Lipinski definition) is 0. The van der Waals surface area contributed by atoms with E-state index in [9.17, 15) is 26.3 Å². The summed E-state index contributed by atoms with van der Waals surface area (Å²) in [6.07, 6.45) is -8.63. The first kappa shape index (κ1) is 106. The molecule has 0 atom stereocenters. The van der Waals surface area contributed by atoms with Gasteiger partial charge in [-0.15, -0.1) is 0 Å². The van der Waals surface area contributed by atoms with Gasteiger partial charge in [-0.2, -0.15) is 26.3 Å². The molecule has 0 bridgehead atoms. The van der Waals surface area contributed by atoms with Crippen LogP contribution in [-0.2, 0) is 17.8 Å². The maximum atomic E-state index is 12.5. The van der Waals surface area contributed by atoms with Crippen LogP contribution in [-0.4, -0.2) is 28.4 Å². The first-order chi connectivity index (χ1) is 53.2. The molecule has 0 amide bonds. The Hall–Kier alpha value is -8.24. The van der Waals surface area contributed by atoms with E-state index in [2.05, 4.69) is 326 Å². The summed E-state index contributed by atoms with van der Waals surface area (Å²) in [4.78, 5) is 0. The van der Waals surface area contributed by atoms with Gasteiger partial charge in [-0.05, 0) is 391 Å². The van der Waals surface area contributed by atoms with Crippen LogP contribution >= 0.6 is 0 Å². The summed E-state index contributed by atoms with van der Waals surface area (Å²) in [7, 11) is 6.12. The lowest BCUT2D eigenvalue weighted by molar-refractivity contribution is -0.139. The second kappa shape index (κ2) is 47.4. The number of benzene rings is 9. The molecule has 642 valence electrons. The lowest BCUT2D eigenvalue weighted by atomic mass is 9.84. The molecular formula is C106H152F6O4. The highest BCUT2D eigenvalue weighted by atomic mass is 19.4. The number of alkyl halides is 6. The Balaban J connectivity index is 0.000000653. The second-order valence-electron chi connectivity index (χ2n) is 35.0. The molecule has 9 aromatic carbocycles. The zero-order valence-corrected chi connectivity index (χ0v) is 79.9. The molecule has 0 radical (unpaired) electrons. The van der Waals surface area contributed by atoms with Crippen LogP contribution in [0.25, 0.3) is 0 Å². The van der Waals surface area contributed by atoms with Gasteiger partial charge in [0.05, 0.1) is 39.6 Å². The lowest BCUT2D eigenvalue weighted by Gasteiger charge is -2.21. The van der Waals surface area contributed by atoms with Crippen molar-refractivity contribution in [3.8, 4) is 23.0 Å². The number of rotatable bonds is 11. The largest absolute Gasteiger partial charge is 0.497 e. The predicted molar refractivity (Wildman–Crippen MR) is 491 cm³/mol. The van der Waals surface area contributed by atoms with E-state index in [1.54, 1.807) is 40.2 Å². The lowest BCUT2D eigenvalue weighted by Crippen LogP contribution is -2.12. The van der Waals surface area contributed by atoms with Gasteiger partial charge in [-0.1, -0.05) is 196 Å². The smallest absolute Gasteiger partial charge is 0.416 e. The fourth-order valence-corrected chi connectivity index (χ4v) is 13.7. The van der Waals surface area contributed by atoms with Crippen molar-refractivity contribution in [1.82, 2.24) is 0 Å². The quantitative estimate of drug-likeness (QED) is 0.121. The summed E-state index contributed by atoms with van der Waals surface area (Å²) in [5, 5.41) is 0. The highest BCUT2D eigenvalue weighted by molar-refractivity contribution is 5.48. The van der Waals surface area contributed by atoms with E-state index in [0.717, 1.165) is 23.6 Å². The summed E-state index contributed by atoms with van der Waals surface area (Å²) < 4.78 is 94.9. The highest BCUT2D eigenvalue weighted by Crippen LogP contribution is 2.39. The maximum Gasteiger partial charge on any atom is 0.416 e. The fraction of sp³-hybridized carbons (Fsp3) is 0.491. The van der Waals surface area contributed by atoms with Crippen molar-refractivity contribution < 1.29 is 45.3 Å². The van der Waals surface area contributed by atoms with E-state index >= 15 is 0 Å². The van der Waals surface area contributed by atoms with Gasteiger partial charge in [0.25, 0.3) is 0 Å². The molecule has 4 nitrogen and oxygen atoms in total. The summed E-state index contributed by atoms with van der Waals surface area (Å²) in [5.74, 6) is 6.77. The van der Waals surface area contributed by atoms with Gasteiger partial charge >= 0.3 is 12.4 Å². The van der Waals surface area contributed by atoms with E-state index in [4.69, 9.17) is 18.9 Å². The van der Waals surface area contributed by atoms with Crippen LogP contribution in [0.2, 0.25) is 0 Å². The topological polar surface area (TPSA) is 36.9 Å². The van der Waals surface area contributed by atoms with Crippen LogP contribution in [0, 0.1) is 145 Å². The van der Waals surface area contributed by atoms with Crippen molar-refractivity contribution in [1.29, 1.82) is 0 Å². The highest BCUT2D eigenvalue weighted by Gasteiger charge is 2.34. The molecule has 10 heteroatoms. The van der Waals surface area contributed by atoms with Crippen molar-refractivity contribution in [2.75, 3.05) is 28.4 Å². The molecule has 0 aliphatic rings. The second-order valence-corrected chi connectivity index (χ2v) is 35.0. The van der Waals surface area contributed by atoms with Gasteiger partial charge < -0.3 is 18.9 Å². The zero-order valence-electron chi connectivity index (χ0n) is 79.9. The number of aryl methyl sites for hydroxylation is 12. The van der Waals surface area contributed by atoms with Gasteiger partial charge in [0.15, 0.2) is 0 Å². The molecule has 0 aliphatic heterocycles. The number of methoxy groups -OCH3 is 4. The molecule has 0 saturated heterocycles. The predicted octanol–water partition coefficient (Wildman–Crippen LogP) is 32.9. The molecule has 0 aromatic heterocycles. The van der Waals surface area contributed by atoms with Gasteiger partial charge in [-0.25, -0.2) is 0 Å². The number of ether oxygens (including phenoxy) is 4. The third kappa shape index (κ3) is 32.9. The molecule has 9 rings (SSSR count). The molecule has 0 fully saturated rings. The normalized spacial score (nSPS) is 11.1. The minimum atomic E-state index is -4.32. The van der Waals surface area contributed by atoms with E-state index in [1.807, 2.05) is 0 Å². The Morgan fingerprint density at radius 2 is 0.457 bits per heavy atom. The van der Waals surface area contributed by atoms with Gasteiger partial charge in [0.2, 0.25) is 0 Å². The van der Waals surface area contributed by atoms with Crippen LogP contribution in [0.15, 0.2) is 115 Å². The van der Waals surface area contributed by atoms with Gasteiger partial charge in [-0.3, -0.25) is 0 Å². The molecule has 0 unspecified atom stereocenters. The van der Waals surface area contributed by atoms with Crippen LogP contribution in [0.4, 0.5) is 26.3 Å². The molecular weight excluding hydrogens is 1450 g/mol. The Morgan fingerprint density at radius 1 is 0.233 bits per heavy atom. The monoisotopic (exact) mass is 1600 g/mol. The van der Waals surface area contributed by atoms with Crippen molar-refractivity contribution in [2.24, 2.45) is 0 Å². The van der Waals surface area contributed by atoms with Gasteiger partial charge in [0, 0.05) is 0 Å². The molecule has 0 heterocycles. The molecule has 0 spiro atoms. The first-order valence-electron chi connectivity index (χ1n) is 41.4. The summed E-state index contributed by atoms with van der Waals surface area (Å²) in [5.41, 5.74) is 36.2. The SMILES string of the molecule is COc1cc(C)c(C)c(C(C)C)c1.COc1cc(C)c(C)c(C(F)(F)F)c1.COc1cc(C)c(C)c(C(F)(F)F)c1.COc1cc(C)c(C)c(C)c1.Cc1c(C(C)C)cccc1C(C)C.Cc1cc(C(C)(C)C)cc(C)c1C.Cc1cc(C(C)C)c(C)c(C(C)C)c1.Cc1cc(C(C)C)cc(C)c1C.Cc1cc(C)c(C)c(C(C)C)c1. The fourth-order valence-electron chi connectivity index (χ4n) is 13.7. The van der Waals surface area contributed by atoms with Crippen molar-refractivity contribution in [2.45, 2.75) is 322 Å². The third-order valence-corrected chi connectivity index (χ3v) is 22.5. The van der Waals surface area contributed by atoms with Crippen molar-refractivity contribution >= 4 is 0 Å². The third-order valence-electron chi connectivity index (χ3n) is 22.5. The average Bonchev–Trinajstić information content (AvgIpc) is 0.800. The van der Waals surface area contributed by atoms with Crippen molar-refractivity contribution in [3.05, 3.63) is 288 Å². The number of halogens is 6. The Labute approximate surface area is 702 Å². The van der Waals surface area contributed by atoms with Crippen LogP contribution in [0.1, 0.15) is 332 Å². The van der Waals surface area contributed by atoms with E-state index < -0.39 is 23.5 Å². The molecule has 9 aromatic rings. The minimum Gasteiger partial charge on any atom is -0.497 e. The number of hydrogen-bond acceptors (Lipinski definition) is 4. The maximum absolute atomic E-state index is 12.5. The van der Waals surface area contributed by atoms with E-state index in [-0.39, 0.29) is 28.0 Å². The summed E-state index contributed by atoms with van der Waals surface area (Å²) in [6.45, 7) is 81.5. The molecule has 0 aliphatic carbocycles. The zero-order chi connectivity index (χ0) is 90.0. The summed E-state index contributed by atoms with van der Waals surface area (Å²) in [6, 6.07) is 38.6.